The summed E-state index contributed by atoms with van der Waals surface area (Å²) in [4.78, 5) is 17.6. The molecule has 1 aliphatic heterocycles. The molecule has 20 heavy (non-hydrogen) atoms. The van der Waals surface area contributed by atoms with Crippen molar-refractivity contribution in [1.82, 2.24) is 14.7 Å². The summed E-state index contributed by atoms with van der Waals surface area (Å²) < 4.78 is 7.05. The van der Waals surface area contributed by atoms with Crippen molar-refractivity contribution in [3.63, 3.8) is 0 Å². The van der Waals surface area contributed by atoms with Gasteiger partial charge in [-0.3, -0.25) is 0 Å². The molecular weight excluding hydrogens is 258 g/mol. The summed E-state index contributed by atoms with van der Waals surface area (Å²) in [5.41, 5.74) is 7.56. The zero-order valence-corrected chi connectivity index (χ0v) is 12.5. The average molecular weight is 279 g/mol. The minimum absolute atomic E-state index is 0.296. The molecule has 1 aliphatic rings. The number of amides is 2. The molecule has 2 heterocycles. The van der Waals surface area contributed by atoms with E-state index >= 15 is 0 Å². The van der Waals surface area contributed by atoms with Crippen LogP contribution in [-0.4, -0.2) is 40.2 Å². The Labute approximate surface area is 118 Å². The van der Waals surface area contributed by atoms with Crippen LogP contribution in [0.5, 0.6) is 5.88 Å². The zero-order valence-electron chi connectivity index (χ0n) is 12.5. The highest BCUT2D eigenvalue weighted by Crippen LogP contribution is 2.35. The SMILES string of the molecule is COc1c(C2C(N)=NC(=O)N2CC(C)C)c(C)nn1C. The van der Waals surface area contributed by atoms with Gasteiger partial charge in [0.2, 0.25) is 5.88 Å². The molecule has 0 aromatic carbocycles. The van der Waals surface area contributed by atoms with E-state index in [0.717, 1.165) is 11.3 Å². The summed E-state index contributed by atoms with van der Waals surface area (Å²) in [6.45, 7) is 6.56. The zero-order chi connectivity index (χ0) is 15.0. The Hall–Kier alpha value is -2.05. The highest BCUT2D eigenvalue weighted by Gasteiger charge is 2.39. The first-order valence-corrected chi connectivity index (χ1v) is 6.59. The molecule has 7 heteroatoms. The minimum atomic E-state index is -0.395. The number of aryl methyl sites for hydroxylation is 2. The van der Waals surface area contributed by atoms with Crippen molar-refractivity contribution < 1.29 is 9.53 Å². The summed E-state index contributed by atoms with van der Waals surface area (Å²) >= 11 is 0. The molecule has 7 nitrogen and oxygen atoms in total. The van der Waals surface area contributed by atoms with Crippen LogP contribution in [0.1, 0.15) is 31.1 Å². The number of nitrogens with two attached hydrogens (primary N) is 1. The number of urea groups is 1. The number of rotatable bonds is 4. The molecule has 0 radical (unpaired) electrons. The van der Waals surface area contributed by atoms with E-state index < -0.39 is 6.04 Å². The van der Waals surface area contributed by atoms with Gasteiger partial charge in [0.05, 0.1) is 18.4 Å². The van der Waals surface area contributed by atoms with Gasteiger partial charge in [0.15, 0.2) is 0 Å². The maximum absolute atomic E-state index is 12.0. The summed E-state index contributed by atoms with van der Waals surface area (Å²) in [5, 5.41) is 4.34. The fraction of sp³-hybridized carbons (Fsp3) is 0.615. The summed E-state index contributed by atoms with van der Waals surface area (Å²) in [5.74, 6) is 1.23. The number of hydrogen-bond donors (Lipinski definition) is 1. The fourth-order valence-electron chi connectivity index (χ4n) is 2.60. The summed E-state index contributed by atoms with van der Waals surface area (Å²) in [7, 11) is 3.38. The second kappa shape index (κ2) is 5.15. The van der Waals surface area contributed by atoms with E-state index in [0.29, 0.717) is 24.2 Å². The highest BCUT2D eigenvalue weighted by molar-refractivity contribution is 6.03. The maximum atomic E-state index is 12.0. The topological polar surface area (TPSA) is 85.7 Å². The van der Waals surface area contributed by atoms with Gasteiger partial charge in [0.25, 0.3) is 0 Å². The third-order valence-electron chi connectivity index (χ3n) is 3.31. The normalized spacial score (nSPS) is 18.9. The first kappa shape index (κ1) is 14.4. The number of hydrogen-bond acceptors (Lipinski definition) is 4. The van der Waals surface area contributed by atoms with Gasteiger partial charge >= 0.3 is 6.03 Å². The smallest absolute Gasteiger partial charge is 0.346 e. The van der Waals surface area contributed by atoms with Crippen molar-refractivity contribution in [3.05, 3.63) is 11.3 Å². The molecule has 2 rings (SSSR count). The van der Waals surface area contributed by atoms with E-state index in [1.807, 2.05) is 20.8 Å². The molecule has 2 amide bonds. The quantitative estimate of drug-likeness (QED) is 0.898. The first-order valence-electron chi connectivity index (χ1n) is 6.59. The van der Waals surface area contributed by atoms with Gasteiger partial charge < -0.3 is 15.4 Å². The number of amidine groups is 1. The van der Waals surface area contributed by atoms with Crippen LogP contribution in [0.2, 0.25) is 0 Å². The van der Waals surface area contributed by atoms with Gasteiger partial charge in [0, 0.05) is 13.6 Å². The average Bonchev–Trinajstić information content (AvgIpc) is 2.76. The van der Waals surface area contributed by atoms with Crippen molar-refractivity contribution in [2.45, 2.75) is 26.8 Å². The van der Waals surface area contributed by atoms with Crippen molar-refractivity contribution in [2.24, 2.45) is 23.7 Å². The molecule has 0 aliphatic carbocycles. The number of methoxy groups -OCH3 is 1. The second-order valence-electron chi connectivity index (χ2n) is 5.40. The van der Waals surface area contributed by atoms with E-state index in [2.05, 4.69) is 10.1 Å². The molecule has 1 aromatic rings. The Kier molecular flexibility index (Phi) is 3.69. The molecule has 0 saturated heterocycles. The van der Waals surface area contributed by atoms with Gasteiger partial charge in [0.1, 0.15) is 11.9 Å². The Balaban J connectivity index is 2.48. The Morgan fingerprint density at radius 1 is 1.45 bits per heavy atom. The van der Waals surface area contributed by atoms with Crippen molar-refractivity contribution in [1.29, 1.82) is 0 Å². The van der Waals surface area contributed by atoms with Crippen LogP contribution in [0.3, 0.4) is 0 Å². The highest BCUT2D eigenvalue weighted by atomic mass is 16.5. The van der Waals surface area contributed by atoms with Gasteiger partial charge in [-0.25, -0.2) is 9.48 Å². The number of carbonyl (C=O) groups excluding carboxylic acids is 1. The van der Waals surface area contributed by atoms with E-state index in [-0.39, 0.29) is 6.03 Å². The third kappa shape index (κ3) is 2.23. The Morgan fingerprint density at radius 3 is 2.65 bits per heavy atom. The third-order valence-corrected chi connectivity index (χ3v) is 3.31. The molecule has 0 spiro atoms. The molecule has 110 valence electrons. The van der Waals surface area contributed by atoms with Gasteiger partial charge in [-0.15, -0.1) is 0 Å². The van der Waals surface area contributed by atoms with Crippen molar-refractivity contribution in [2.75, 3.05) is 13.7 Å². The Morgan fingerprint density at radius 2 is 2.10 bits per heavy atom. The van der Waals surface area contributed by atoms with Crippen LogP contribution in [0.25, 0.3) is 0 Å². The summed E-state index contributed by atoms with van der Waals surface area (Å²) in [6.07, 6.45) is 0. The van der Waals surface area contributed by atoms with E-state index in [1.54, 1.807) is 23.7 Å². The monoisotopic (exact) mass is 279 g/mol. The first-order chi connectivity index (χ1) is 9.36. The molecule has 2 N–H and O–H groups in total. The van der Waals surface area contributed by atoms with E-state index in [9.17, 15) is 4.79 Å². The lowest BCUT2D eigenvalue weighted by molar-refractivity contribution is 0.197. The summed E-state index contributed by atoms with van der Waals surface area (Å²) in [6, 6.07) is -0.694. The lowest BCUT2D eigenvalue weighted by atomic mass is 10.0. The van der Waals surface area contributed by atoms with Gasteiger partial charge in [-0.05, 0) is 12.8 Å². The number of aliphatic imine (C=N–C) groups is 1. The number of ether oxygens (including phenoxy) is 1. The van der Waals surface area contributed by atoms with E-state index in [1.165, 1.54) is 0 Å². The maximum Gasteiger partial charge on any atom is 0.346 e. The van der Waals surface area contributed by atoms with Crippen molar-refractivity contribution >= 4 is 11.9 Å². The van der Waals surface area contributed by atoms with Crippen LogP contribution >= 0.6 is 0 Å². The van der Waals surface area contributed by atoms with Gasteiger partial charge in [-0.2, -0.15) is 10.1 Å². The van der Waals surface area contributed by atoms with E-state index in [4.69, 9.17) is 10.5 Å². The van der Waals surface area contributed by atoms with Crippen molar-refractivity contribution in [3.8, 4) is 5.88 Å². The van der Waals surface area contributed by atoms with Crippen LogP contribution in [0.4, 0.5) is 4.79 Å². The Bertz CT molecular complexity index is 561. The lowest BCUT2D eigenvalue weighted by Crippen LogP contribution is -2.36. The molecular formula is C13H21N5O2. The number of aromatic nitrogens is 2. The second-order valence-corrected chi connectivity index (χ2v) is 5.40. The largest absolute Gasteiger partial charge is 0.481 e. The molecule has 1 unspecified atom stereocenters. The molecule has 1 atom stereocenters. The molecule has 0 fully saturated rings. The standard InChI is InChI=1S/C13H21N5O2/c1-7(2)6-18-10(11(14)15-13(18)19)9-8(3)16-17(4)12(9)20-5/h7,10H,6H2,1-5H3,(H2,14,15,19). The van der Waals surface area contributed by atoms with Gasteiger partial charge in [-0.1, -0.05) is 13.8 Å². The van der Waals surface area contributed by atoms with Crippen LogP contribution in [0.15, 0.2) is 4.99 Å². The van der Waals surface area contributed by atoms with Crippen LogP contribution < -0.4 is 10.5 Å². The van der Waals surface area contributed by atoms with Crippen LogP contribution in [0, 0.1) is 12.8 Å². The number of carbonyl (C=O) groups is 1. The minimum Gasteiger partial charge on any atom is -0.481 e. The predicted octanol–water partition coefficient (Wildman–Crippen LogP) is 1.23. The fourth-order valence-corrected chi connectivity index (χ4v) is 2.60. The molecule has 0 saturated carbocycles. The number of nitrogens with zero attached hydrogens (tertiary/aromatic N) is 4. The molecule has 1 aromatic heterocycles. The lowest BCUT2D eigenvalue weighted by Gasteiger charge is -2.26. The molecule has 0 bridgehead atoms. The predicted molar refractivity (Wildman–Crippen MR) is 75.8 cm³/mol. The van der Waals surface area contributed by atoms with Crippen LogP contribution in [-0.2, 0) is 7.05 Å².